The van der Waals surface area contributed by atoms with E-state index in [2.05, 4.69) is 185 Å². The molecule has 4 nitrogen and oxygen atoms in total. The molecule has 0 spiro atoms. The smallest absolute Gasteiger partial charge is 0.278 e. The van der Waals surface area contributed by atoms with Crippen molar-refractivity contribution in [1.82, 2.24) is 0 Å². The Kier molecular flexibility index (Phi) is 13.0. The third kappa shape index (κ3) is 8.04. The van der Waals surface area contributed by atoms with Crippen LogP contribution in [0.1, 0.15) is 73.4 Å². The first-order valence-corrected chi connectivity index (χ1v) is 24.5. The van der Waals surface area contributed by atoms with Crippen molar-refractivity contribution in [2.75, 3.05) is 0 Å². The van der Waals surface area contributed by atoms with E-state index >= 15 is 4.57 Å². The van der Waals surface area contributed by atoms with E-state index < -0.39 is 42.4 Å². The number of phosphoric acid groups is 1. The summed E-state index contributed by atoms with van der Waals surface area (Å²) in [5.41, 5.74) is 7.28. The first kappa shape index (κ1) is 44.1. The Morgan fingerprint density at radius 2 is 0.600 bits per heavy atom. The van der Waals surface area contributed by atoms with Gasteiger partial charge in [0.15, 0.2) is 0 Å². The molecule has 0 N–H and O–H groups in total. The monoisotopic (exact) mass is 872 g/mol. The van der Waals surface area contributed by atoms with Gasteiger partial charge in [-0.2, -0.15) is 0 Å². The van der Waals surface area contributed by atoms with Crippen LogP contribution in [0.3, 0.4) is 0 Å². The standard InChI is InChI=1S/C60H57O4P/c1-4-58(49-34-19-10-20-35-49)52(46-28-13-7-14-29-46)40-25-43-55(58)62-65(61,63-56-44-26-41-53(47-30-15-8-16-31-47)59(56,5-2)50-36-21-11-22-37-50)64-57-45-27-42-54(48-32-17-9-18-33-48)60(57,6-3)51-38-23-12-24-39-51/h7-45,55-57H,4-6H2,1-3H3. The predicted octanol–water partition coefficient (Wildman–Crippen LogP) is 15.3. The molecule has 3 aliphatic rings. The molecule has 5 heteroatoms. The zero-order chi connectivity index (χ0) is 44.7. The number of hydrogen-bond donors (Lipinski definition) is 0. The van der Waals surface area contributed by atoms with E-state index in [1.807, 2.05) is 72.9 Å². The maximum Gasteiger partial charge on any atom is 0.476 e. The molecule has 326 valence electrons. The third-order valence-electron chi connectivity index (χ3n) is 14.1. The van der Waals surface area contributed by atoms with Crippen LogP contribution in [0, 0.1) is 0 Å². The van der Waals surface area contributed by atoms with Crippen molar-refractivity contribution in [3.63, 3.8) is 0 Å². The normalized spacial score (nSPS) is 25.8. The van der Waals surface area contributed by atoms with E-state index in [0.717, 1.165) is 50.1 Å². The summed E-state index contributed by atoms with van der Waals surface area (Å²) in [6, 6.07) is 62.7. The van der Waals surface area contributed by atoms with Crippen LogP contribution in [0.4, 0.5) is 0 Å². The Hall–Kier alpha value is -6.13. The van der Waals surface area contributed by atoms with Crippen LogP contribution in [0.5, 0.6) is 0 Å². The second kappa shape index (κ2) is 19.1. The second-order valence-corrected chi connectivity index (χ2v) is 18.6. The molecule has 0 fully saturated rings. The highest BCUT2D eigenvalue weighted by Gasteiger charge is 2.54. The van der Waals surface area contributed by atoms with Crippen LogP contribution >= 0.6 is 7.82 Å². The molecule has 3 aliphatic carbocycles. The molecule has 6 unspecified atom stereocenters. The number of benzene rings is 6. The molecule has 0 amide bonds. The lowest BCUT2D eigenvalue weighted by molar-refractivity contribution is 0.0219. The summed E-state index contributed by atoms with van der Waals surface area (Å²) in [5.74, 6) is 0. The van der Waals surface area contributed by atoms with E-state index in [1.165, 1.54) is 0 Å². The summed E-state index contributed by atoms with van der Waals surface area (Å²) in [4.78, 5) is 0. The first-order valence-electron chi connectivity index (χ1n) is 23.1. The summed E-state index contributed by atoms with van der Waals surface area (Å²) >= 11 is 0. The number of phosphoric ester groups is 1. The first-order chi connectivity index (χ1) is 31.9. The fourth-order valence-corrected chi connectivity index (χ4v) is 12.6. The van der Waals surface area contributed by atoms with Crippen molar-refractivity contribution in [2.45, 2.75) is 74.6 Å². The fourth-order valence-electron chi connectivity index (χ4n) is 10.9. The van der Waals surface area contributed by atoms with Crippen molar-refractivity contribution in [3.8, 4) is 0 Å². The van der Waals surface area contributed by atoms with Crippen LogP contribution in [-0.2, 0) is 34.4 Å². The maximum absolute atomic E-state index is 17.0. The van der Waals surface area contributed by atoms with Crippen molar-refractivity contribution >= 4 is 24.5 Å². The van der Waals surface area contributed by atoms with Crippen LogP contribution in [0.25, 0.3) is 16.7 Å². The van der Waals surface area contributed by atoms with Crippen LogP contribution in [0.2, 0.25) is 0 Å². The average Bonchev–Trinajstić information content (AvgIpc) is 3.37. The van der Waals surface area contributed by atoms with E-state index in [1.54, 1.807) is 0 Å². The zero-order valence-corrected chi connectivity index (χ0v) is 38.3. The summed E-state index contributed by atoms with van der Waals surface area (Å²) in [6.45, 7) is 6.55. The number of rotatable bonds is 15. The minimum atomic E-state index is -4.66. The molecule has 0 saturated heterocycles. The molecule has 0 aromatic heterocycles. The van der Waals surface area contributed by atoms with Crippen LogP contribution in [0.15, 0.2) is 237 Å². The van der Waals surface area contributed by atoms with Gasteiger partial charge in [-0.1, -0.05) is 257 Å². The van der Waals surface area contributed by atoms with Crippen molar-refractivity contribution in [3.05, 3.63) is 270 Å². The summed E-state index contributed by atoms with van der Waals surface area (Å²) in [6.07, 6.45) is 18.4. The highest BCUT2D eigenvalue weighted by atomic mass is 31.2. The van der Waals surface area contributed by atoms with Gasteiger partial charge in [-0.05, 0) is 69.4 Å². The van der Waals surface area contributed by atoms with Gasteiger partial charge >= 0.3 is 7.82 Å². The Bertz CT molecular complexity index is 2470. The number of hydrogen-bond acceptors (Lipinski definition) is 4. The van der Waals surface area contributed by atoms with E-state index in [9.17, 15) is 0 Å². The molecule has 0 radical (unpaired) electrons. The SMILES string of the molecule is CCC1(c2ccccc2)C(c2ccccc2)=CC=CC1OP(=O)(OC1C=CC=C(c2ccccc2)C1(CC)c1ccccc1)OC1C=CC=C(c2ccccc2)C1(CC)c1ccccc1. The van der Waals surface area contributed by atoms with Gasteiger partial charge in [0.25, 0.3) is 0 Å². The maximum atomic E-state index is 17.0. The lowest BCUT2D eigenvalue weighted by Crippen LogP contribution is -2.46. The summed E-state index contributed by atoms with van der Waals surface area (Å²) in [7, 11) is -4.66. The molecule has 0 aliphatic heterocycles. The Morgan fingerprint density at radius 1 is 0.369 bits per heavy atom. The largest absolute Gasteiger partial charge is 0.476 e. The van der Waals surface area contributed by atoms with Gasteiger partial charge in [0.2, 0.25) is 0 Å². The minimum Gasteiger partial charge on any atom is -0.278 e. The highest BCUT2D eigenvalue weighted by molar-refractivity contribution is 7.48. The minimum absolute atomic E-state index is 0.646. The highest BCUT2D eigenvalue weighted by Crippen LogP contribution is 2.64. The lowest BCUT2D eigenvalue weighted by Gasteiger charge is -2.48. The van der Waals surface area contributed by atoms with Gasteiger partial charge in [0.05, 0.1) is 16.2 Å². The zero-order valence-electron chi connectivity index (χ0n) is 37.5. The molecule has 6 atom stereocenters. The topological polar surface area (TPSA) is 44.8 Å². The predicted molar refractivity (Wildman–Crippen MR) is 268 cm³/mol. The summed E-state index contributed by atoms with van der Waals surface area (Å²) < 4.78 is 39.2. The summed E-state index contributed by atoms with van der Waals surface area (Å²) in [5, 5.41) is 0. The van der Waals surface area contributed by atoms with E-state index in [4.69, 9.17) is 13.6 Å². The molecule has 6 aromatic carbocycles. The van der Waals surface area contributed by atoms with Gasteiger partial charge in [0, 0.05) is 0 Å². The van der Waals surface area contributed by atoms with Crippen molar-refractivity contribution in [2.24, 2.45) is 0 Å². The quantitative estimate of drug-likeness (QED) is 0.0965. The second-order valence-electron chi connectivity index (χ2n) is 17.1. The molecule has 65 heavy (non-hydrogen) atoms. The van der Waals surface area contributed by atoms with E-state index in [-0.39, 0.29) is 0 Å². The molecular formula is C60H57O4P. The van der Waals surface area contributed by atoms with Gasteiger partial charge in [-0.25, -0.2) is 4.57 Å². The van der Waals surface area contributed by atoms with Crippen molar-refractivity contribution in [1.29, 1.82) is 0 Å². The molecule has 0 bridgehead atoms. The molecule has 0 heterocycles. The van der Waals surface area contributed by atoms with Gasteiger partial charge < -0.3 is 0 Å². The third-order valence-corrected chi connectivity index (χ3v) is 15.5. The molecular weight excluding hydrogens is 816 g/mol. The van der Waals surface area contributed by atoms with Crippen LogP contribution in [-0.4, -0.2) is 18.3 Å². The van der Waals surface area contributed by atoms with Gasteiger partial charge in [-0.3, -0.25) is 13.6 Å². The lowest BCUT2D eigenvalue weighted by atomic mass is 9.64. The molecule has 9 rings (SSSR count). The van der Waals surface area contributed by atoms with Crippen LogP contribution < -0.4 is 0 Å². The number of allylic oxidation sites excluding steroid dienone is 6. The molecule has 6 aromatic rings. The van der Waals surface area contributed by atoms with E-state index in [0.29, 0.717) is 19.3 Å². The van der Waals surface area contributed by atoms with Gasteiger partial charge in [-0.15, -0.1) is 0 Å². The van der Waals surface area contributed by atoms with Gasteiger partial charge in [0.1, 0.15) is 18.3 Å². The Balaban J connectivity index is 1.24. The Morgan fingerprint density at radius 3 is 0.831 bits per heavy atom. The average molecular weight is 873 g/mol. The van der Waals surface area contributed by atoms with Crippen molar-refractivity contribution < 1.29 is 18.1 Å². The fraction of sp³-hybridized carbons (Fsp3) is 0.200. The Labute approximate surface area is 385 Å². The molecule has 0 saturated carbocycles.